The third kappa shape index (κ3) is 6.14. The van der Waals surface area contributed by atoms with E-state index in [1.54, 1.807) is 19.2 Å². The molecule has 0 fully saturated rings. The van der Waals surface area contributed by atoms with Crippen LogP contribution < -0.4 is 20.1 Å². The summed E-state index contributed by atoms with van der Waals surface area (Å²) in [6.45, 7) is 2.28. The van der Waals surface area contributed by atoms with Crippen LogP contribution in [0.1, 0.15) is 17.5 Å². The topological polar surface area (TPSA) is 54.9 Å². The van der Waals surface area contributed by atoms with E-state index in [1.807, 2.05) is 12.1 Å². The number of benzene rings is 2. The number of guanidine groups is 1. The Bertz CT molecular complexity index is 787. The lowest BCUT2D eigenvalue weighted by Gasteiger charge is -2.14. The fraction of sp³-hybridized carbons (Fsp3) is 0.316. The number of hydrogen-bond donors (Lipinski definition) is 2. The first-order chi connectivity index (χ1) is 12.7. The van der Waals surface area contributed by atoms with E-state index in [1.165, 1.54) is 12.1 Å². The van der Waals surface area contributed by atoms with E-state index in [0.717, 1.165) is 17.5 Å². The van der Waals surface area contributed by atoms with Crippen LogP contribution in [-0.4, -0.2) is 26.2 Å². The minimum Gasteiger partial charge on any atom is -0.489 e. The Kier molecular flexibility index (Phi) is 8.43. The number of rotatable bonds is 4. The summed E-state index contributed by atoms with van der Waals surface area (Å²) in [5.41, 5.74) is 1.93. The molecule has 0 bridgehead atoms. The predicted octanol–water partition coefficient (Wildman–Crippen LogP) is 4.12. The van der Waals surface area contributed by atoms with Crippen LogP contribution >= 0.6 is 35.6 Å². The van der Waals surface area contributed by atoms with Gasteiger partial charge in [0.1, 0.15) is 5.82 Å². The first kappa shape index (κ1) is 21.6. The maximum absolute atomic E-state index is 13.0. The Morgan fingerprint density at radius 2 is 1.74 bits per heavy atom. The maximum atomic E-state index is 13.0. The zero-order valence-electron chi connectivity index (χ0n) is 14.9. The molecule has 3 rings (SSSR count). The lowest BCUT2D eigenvalue weighted by atomic mass is 10.2. The van der Waals surface area contributed by atoms with Crippen molar-refractivity contribution in [1.82, 2.24) is 10.6 Å². The minimum atomic E-state index is -0.248. The van der Waals surface area contributed by atoms with Gasteiger partial charge in [0.2, 0.25) is 0 Å². The van der Waals surface area contributed by atoms with Gasteiger partial charge in [-0.3, -0.25) is 4.99 Å². The maximum Gasteiger partial charge on any atom is 0.191 e. The van der Waals surface area contributed by atoms with Crippen molar-refractivity contribution in [2.24, 2.45) is 4.99 Å². The highest BCUT2D eigenvalue weighted by Crippen LogP contribution is 2.37. The highest BCUT2D eigenvalue weighted by molar-refractivity contribution is 14.0. The summed E-state index contributed by atoms with van der Waals surface area (Å²) in [5, 5.41) is 6.95. The van der Waals surface area contributed by atoms with Gasteiger partial charge in [0.05, 0.1) is 18.2 Å². The lowest BCUT2D eigenvalue weighted by molar-refractivity contribution is 0.297. The van der Waals surface area contributed by atoms with Crippen LogP contribution in [0.15, 0.2) is 41.4 Å². The van der Waals surface area contributed by atoms with Crippen LogP contribution in [0.3, 0.4) is 0 Å². The first-order valence-corrected chi connectivity index (χ1v) is 8.80. The summed E-state index contributed by atoms with van der Waals surface area (Å²) in [6, 6.07) is 10.1. The summed E-state index contributed by atoms with van der Waals surface area (Å²) < 4.78 is 24.3. The molecule has 0 spiro atoms. The molecule has 2 N–H and O–H groups in total. The SMILES string of the molecule is CN=C(NCc1ccc(F)cc1)NCc1cc(Cl)c2c(c1)OCCCO2.I. The summed E-state index contributed by atoms with van der Waals surface area (Å²) in [4.78, 5) is 4.19. The standard InChI is InChI=1S/C19H21ClFN3O2.HI/c1-22-19(23-11-13-3-5-15(21)6-4-13)24-12-14-9-16(20)18-17(10-14)25-7-2-8-26-18;/h3-6,9-10H,2,7-8,11-12H2,1H3,(H2,22,23,24);1H. The fourth-order valence-corrected chi connectivity index (χ4v) is 2.87. The van der Waals surface area contributed by atoms with Gasteiger partial charge in [-0.15, -0.1) is 24.0 Å². The minimum absolute atomic E-state index is 0. The van der Waals surface area contributed by atoms with Gasteiger partial charge >= 0.3 is 0 Å². The molecule has 0 radical (unpaired) electrons. The molecule has 0 saturated carbocycles. The van der Waals surface area contributed by atoms with Crippen molar-refractivity contribution in [1.29, 1.82) is 0 Å². The van der Waals surface area contributed by atoms with Gasteiger partial charge in [0.15, 0.2) is 17.5 Å². The number of hydrogen-bond acceptors (Lipinski definition) is 3. The Balaban J connectivity index is 0.00000261. The van der Waals surface area contributed by atoms with Crippen LogP contribution in [-0.2, 0) is 13.1 Å². The fourth-order valence-electron chi connectivity index (χ4n) is 2.58. The van der Waals surface area contributed by atoms with Crippen molar-refractivity contribution < 1.29 is 13.9 Å². The van der Waals surface area contributed by atoms with Crippen LogP contribution in [0.4, 0.5) is 4.39 Å². The molecule has 0 amide bonds. The van der Waals surface area contributed by atoms with Crippen molar-refractivity contribution in [2.45, 2.75) is 19.5 Å². The van der Waals surface area contributed by atoms with Crippen molar-refractivity contribution in [3.8, 4) is 11.5 Å². The zero-order valence-corrected chi connectivity index (χ0v) is 18.0. The largest absolute Gasteiger partial charge is 0.489 e. The van der Waals surface area contributed by atoms with Crippen LogP contribution in [0.5, 0.6) is 11.5 Å². The van der Waals surface area contributed by atoms with Gasteiger partial charge in [-0.2, -0.15) is 0 Å². The third-order valence-electron chi connectivity index (χ3n) is 3.92. The average Bonchev–Trinajstić information content (AvgIpc) is 2.89. The second-order valence-electron chi connectivity index (χ2n) is 5.86. The average molecular weight is 506 g/mol. The van der Waals surface area contributed by atoms with Crippen LogP contribution in [0.2, 0.25) is 5.02 Å². The molecule has 1 aliphatic heterocycles. The van der Waals surface area contributed by atoms with Crippen molar-refractivity contribution in [3.63, 3.8) is 0 Å². The van der Waals surface area contributed by atoms with E-state index >= 15 is 0 Å². The Labute approximate surface area is 180 Å². The predicted molar refractivity (Wildman–Crippen MR) is 116 cm³/mol. The number of nitrogens with zero attached hydrogens (tertiary/aromatic N) is 1. The number of ether oxygens (including phenoxy) is 2. The van der Waals surface area contributed by atoms with Crippen LogP contribution in [0.25, 0.3) is 0 Å². The molecular formula is C19H22ClFIN3O2. The normalized spacial score (nSPS) is 13.4. The smallest absolute Gasteiger partial charge is 0.191 e. The number of fused-ring (bicyclic) bond motifs is 1. The van der Waals surface area contributed by atoms with Crippen molar-refractivity contribution >= 4 is 41.5 Å². The van der Waals surface area contributed by atoms with E-state index in [2.05, 4.69) is 15.6 Å². The Morgan fingerprint density at radius 1 is 1.07 bits per heavy atom. The van der Waals surface area contributed by atoms with Gasteiger partial charge < -0.3 is 20.1 Å². The molecule has 1 aliphatic rings. The molecule has 8 heteroatoms. The van der Waals surface area contributed by atoms with Crippen LogP contribution in [0, 0.1) is 5.82 Å². The molecule has 1 heterocycles. The van der Waals surface area contributed by atoms with E-state index < -0.39 is 0 Å². The van der Waals surface area contributed by atoms with Gasteiger partial charge in [0, 0.05) is 26.6 Å². The van der Waals surface area contributed by atoms with E-state index in [-0.39, 0.29) is 29.8 Å². The van der Waals surface area contributed by atoms with E-state index in [0.29, 0.717) is 48.8 Å². The van der Waals surface area contributed by atoms with Gasteiger partial charge in [-0.1, -0.05) is 23.7 Å². The number of nitrogens with one attached hydrogen (secondary N) is 2. The van der Waals surface area contributed by atoms with Gasteiger partial charge in [-0.25, -0.2) is 4.39 Å². The zero-order chi connectivity index (χ0) is 18.4. The monoisotopic (exact) mass is 505 g/mol. The molecule has 0 aliphatic carbocycles. The molecule has 5 nitrogen and oxygen atoms in total. The van der Waals surface area contributed by atoms with Gasteiger partial charge in [-0.05, 0) is 35.4 Å². The molecule has 0 aromatic heterocycles. The second-order valence-corrected chi connectivity index (χ2v) is 6.27. The summed E-state index contributed by atoms with van der Waals surface area (Å²) in [5.74, 6) is 1.66. The molecule has 2 aromatic rings. The highest BCUT2D eigenvalue weighted by Gasteiger charge is 2.15. The summed E-state index contributed by atoms with van der Waals surface area (Å²) in [6.07, 6.45) is 0.832. The van der Waals surface area contributed by atoms with E-state index in [9.17, 15) is 4.39 Å². The lowest BCUT2D eigenvalue weighted by Crippen LogP contribution is -2.36. The quantitative estimate of drug-likeness (QED) is 0.373. The molecule has 0 saturated heterocycles. The van der Waals surface area contributed by atoms with Crippen molar-refractivity contribution in [3.05, 3.63) is 58.4 Å². The highest BCUT2D eigenvalue weighted by atomic mass is 127. The van der Waals surface area contributed by atoms with Crippen molar-refractivity contribution in [2.75, 3.05) is 20.3 Å². The summed E-state index contributed by atoms with van der Waals surface area (Å²) >= 11 is 6.31. The molecular weight excluding hydrogens is 484 g/mol. The first-order valence-electron chi connectivity index (χ1n) is 8.42. The second kappa shape index (κ2) is 10.6. The Hall–Kier alpha value is -1.74. The molecule has 0 unspecified atom stereocenters. The Morgan fingerprint density at radius 3 is 2.44 bits per heavy atom. The number of aliphatic imine (C=N–C) groups is 1. The number of halogens is 3. The molecule has 27 heavy (non-hydrogen) atoms. The molecule has 2 aromatic carbocycles. The third-order valence-corrected chi connectivity index (χ3v) is 4.20. The van der Waals surface area contributed by atoms with Gasteiger partial charge in [0.25, 0.3) is 0 Å². The molecule has 146 valence electrons. The van der Waals surface area contributed by atoms with E-state index in [4.69, 9.17) is 21.1 Å². The molecule has 0 atom stereocenters. The summed E-state index contributed by atoms with van der Waals surface area (Å²) in [7, 11) is 1.70.